The van der Waals surface area contributed by atoms with Gasteiger partial charge in [-0.1, -0.05) is 18.2 Å². The molecule has 0 aliphatic rings. The molecule has 0 saturated heterocycles. The summed E-state index contributed by atoms with van der Waals surface area (Å²) >= 11 is 0. The number of fused-ring (bicyclic) bond motifs is 1. The number of aromatic amines is 1. The number of nitrogens with zero attached hydrogens (tertiary/aromatic N) is 2. The summed E-state index contributed by atoms with van der Waals surface area (Å²) in [5.41, 5.74) is 9.34. The molecule has 0 amide bonds. The van der Waals surface area contributed by atoms with Gasteiger partial charge in [0.25, 0.3) is 5.56 Å². The molecule has 0 aliphatic heterocycles. The van der Waals surface area contributed by atoms with Gasteiger partial charge in [-0.05, 0) is 38.1 Å². The quantitative estimate of drug-likeness (QED) is 0.727. The summed E-state index contributed by atoms with van der Waals surface area (Å²) in [5.74, 6) is 0. The van der Waals surface area contributed by atoms with E-state index in [1.54, 1.807) is 6.07 Å². The average Bonchev–Trinajstić information content (AvgIpc) is 2.57. The van der Waals surface area contributed by atoms with E-state index >= 15 is 0 Å². The van der Waals surface area contributed by atoms with E-state index in [1.165, 1.54) is 0 Å². The van der Waals surface area contributed by atoms with Gasteiger partial charge in [-0.15, -0.1) is 0 Å². The zero-order chi connectivity index (χ0) is 16.4. The Kier molecular flexibility index (Phi) is 4.02. The first-order valence-corrected chi connectivity index (χ1v) is 7.78. The molecule has 0 saturated carbocycles. The van der Waals surface area contributed by atoms with Crippen LogP contribution in [-0.4, -0.2) is 23.3 Å². The smallest absolute Gasteiger partial charge is 0.272 e. The van der Waals surface area contributed by atoms with Gasteiger partial charge >= 0.3 is 0 Å². The SMILES string of the molecule is CCN(CC)c1ccc(-c2n[nH]c(=O)c3ccccc23)c(N)c1. The standard InChI is InChI=1S/C18H20N4O/c1-3-22(4-2)12-9-10-15(16(19)11-12)17-13-7-5-6-8-14(13)18(23)21-20-17/h5-11H,3-4,19H2,1-2H3,(H,21,23). The monoisotopic (exact) mass is 308 g/mol. The van der Waals surface area contributed by atoms with Crippen LogP contribution in [0.25, 0.3) is 22.0 Å². The summed E-state index contributed by atoms with van der Waals surface area (Å²) in [7, 11) is 0. The molecule has 3 aromatic rings. The molecule has 0 spiro atoms. The summed E-state index contributed by atoms with van der Waals surface area (Å²) in [6, 6.07) is 13.4. The molecule has 0 atom stereocenters. The Morgan fingerprint density at radius 2 is 1.78 bits per heavy atom. The Labute approximate surface area is 134 Å². The Balaban J connectivity index is 2.17. The number of aromatic nitrogens is 2. The maximum atomic E-state index is 11.9. The minimum absolute atomic E-state index is 0.192. The fraction of sp³-hybridized carbons (Fsp3) is 0.222. The zero-order valence-electron chi connectivity index (χ0n) is 13.3. The molecule has 0 radical (unpaired) electrons. The van der Waals surface area contributed by atoms with Crippen molar-refractivity contribution in [2.75, 3.05) is 23.7 Å². The molecule has 2 aromatic carbocycles. The van der Waals surface area contributed by atoms with Crippen LogP contribution in [0.4, 0.5) is 11.4 Å². The van der Waals surface area contributed by atoms with E-state index in [4.69, 9.17) is 5.73 Å². The van der Waals surface area contributed by atoms with Crippen molar-refractivity contribution in [3.8, 4) is 11.3 Å². The van der Waals surface area contributed by atoms with Crippen molar-refractivity contribution in [3.05, 3.63) is 52.8 Å². The van der Waals surface area contributed by atoms with Crippen LogP contribution in [0.3, 0.4) is 0 Å². The Morgan fingerprint density at radius 1 is 1.09 bits per heavy atom. The summed E-state index contributed by atoms with van der Waals surface area (Å²) in [6.07, 6.45) is 0. The number of H-pyrrole nitrogens is 1. The van der Waals surface area contributed by atoms with Crippen molar-refractivity contribution in [1.29, 1.82) is 0 Å². The predicted octanol–water partition coefficient (Wildman–Crippen LogP) is 3.02. The number of hydrogen-bond donors (Lipinski definition) is 2. The second-order valence-electron chi connectivity index (χ2n) is 5.39. The topological polar surface area (TPSA) is 75.0 Å². The van der Waals surface area contributed by atoms with E-state index in [0.717, 1.165) is 29.7 Å². The van der Waals surface area contributed by atoms with Crippen LogP contribution in [-0.2, 0) is 0 Å². The van der Waals surface area contributed by atoms with Gasteiger partial charge in [0.05, 0.1) is 5.39 Å². The molecule has 23 heavy (non-hydrogen) atoms. The van der Waals surface area contributed by atoms with Crippen LogP contribution in [0, 0.1) is 0 Å². The average molecular weight is 308 g/mol. The Morgan fingerprint density at radius 3 is 2.43 bits per heavy atom. The van der Waals surface area contributed by atoms with Crippen LogP contribution < -0.4 is 16.2 Å². The highest BCUT2D eigenvalue weighted by Gasteiger charge is 2.12. The minimum atomic E-state index is -0.192. The molecule has 118 valence electrons. The van der Waals surface area contributed by atoms with Crippen LogP contribution in [0.15, 0.2) is 47.3 Å². The number of hydrogen-bond acceptors (Lipinski definition) is 4. The number of rotatable bonds is 4. The van der Waals surface area contributed by atoms with E-state index in [-0.39, 0.29) is 5.56 Å². The first-order chi connectivity index (χ1) is 11.2. The molecule has 1 heterocycles. The largest absolute Gasteiger partial charge is 0.398 e. The summed E-state index contributed by atoms with van der Waals surface area (Å²) in [5, 5.41) is 8.20. The second kappa shape index (κ2) is 6.12. The summed E-state index contributed by atoms with van der Waals surface area (Å²) in [4.78, 5) is 14.1. The van der Waals surface area contributed by atoms with Gasteiger partial charge in [0, 0.05) is 35.4 Å². The summed E-state index contributed by atoms with van der Waals surface area (Å²) < 4.78 is 0. The molecule has 0 fully saturated rings. The third-order valence-corrected chi connectivity index (χ3v) is 4.11. The van der Waals surface area contributed by atoms with Crippen molar-refractivity contribution in [2.24, 2.45) is 0 Å². The van der Waals surface area contributed by atoms with E-state index in [0.29, 0.717) is 16.8 Å². The third-order valence-electron chi connectivity index (χ3n) is 4.11. The molecule has 5 heteroatoms. The number of anilines is 2. The highest BCUT2D eigenvalue weighted by Crippen LogP contribution is 2.31. The third kappa shape index (κ3) is 2.65. The minimum Gasteiger partial charge on any atom is -0.398 e. The molecule has 0 bridgehead atoms. The van der Waals surface area contributed by atoms with Gasteiger partial charge in [0.2, 0.25) is 0 Å². The lowest BCUT2D eigenvalue weighted by atomic mass is 10.0. The first kappa shape index (κ1) is 15.1. The lowest BCUT2D eigenvalue weighted by Gasteiger charge is -2.22. The first-order valence-electron chi connectivity index (χ1n) is 7.78. The number of benzene rings is 2. The predicted molar refractivity (Wildman–Crippen MR) is 95.8 cm³/mol. The zero-order valence-corrected chi connectivity index (χ0v) is 13.3. The lowest BCUT2D eigenvalue weighted by Crippen LogP contribution is -2.21. The van der Waals surface area contributed by atoms with E-state index in [9.17, 15) is 4.79 Å². The van der Waals surface area contributed by atoms with Crippen LogP contribution in [0.1, 0.15) is 13.8 Å². The highest BCUT2D eigenvalue weighted by atomic mass is 16.1. The van der Waals surface area contributed by atoms with Gasteiger partial charge in [-0.2, -0.15) is 5.10 Å². The van der Waals surface area contributed by atoms with E-state index < -0.39 is 0 Å². The van der Waals surface area contributed by atoms with Gasteiger partial charge in [-0.3, -0.25) is 4.79 Å². The molecule has 0 unspecified atom stereocenters. The van der Waals surface area contributed by atoms with Crippen LogP contribution >= 0.6 is 0 Å². The molecular formula is C18H20N4O. The number of nitrogens with two attached hydrogens (primary N) is 1. The second-order valence-corrected chi connectivity index (χ2v) is 5.39. The number of nitrogens with one attached hydrogen (secondary N) is 1. The summed E-state index contributed by atoms with van der Waals surface area (Å²) in [6.45, 7) is 6.08. The van der Waals surface area contributed by atoms with Gasteiger partial charge in [0.15, 0.2) is 0 Å². The number of nitrogen functional groups attached to an aromatic ring is 1. The van der Waals surface area contributed by atoms with Crippen molar-refractivity contribution in [3.63, 3.8) is 0 Å². The van der Waals surface area contributed by atoms with Gasteiger partial charge < -0.3 is 10.6 Å². The molecule has 5 nitrogen and oxygen atoms in total. The molecule has 3 rings (SSSR count). The molecule has 1 aromatic heterocycles. The lowest BCUT2D eigenvalue weighted by molar-refractivity contribution is 0.867. The fourth-order valence-electron chi connectivity index (χ4n) is 2.87. The normalized spacial score (nSPS) is 10.9. The molecular weight excluding hydrogens is 288 g/mol. The van der Waals surface area contributed by atoms with Crippen molar-refractivity contribution < 1.29 is 0 Å². The Hall–Kier alpha value is -2.82. The maximum absolute atomic E-state index is 11.9. The van der Waals surface area contributed by atoms with Crippen LogP contribution in [0.2, 0.25) is 0 Å². The van der Waals surface area contributed by atoms with Crippen molar-refractivity contribution in [2.45, 2.75) is 13.8 Å². The highest BCUT2D eigenvalue weighted by molar-refractivity contribution is 5.96. The Bertz CT molecular complexity index is 897. The molecule has 3 N–H and O–H groups in total. The van der Waals surface area contributed by atoms with Crippen molar-refractivity contribution >= 4 is 22.1 Å². The van der Waals surface area contributed by atoms with Crippen LogP contribution in [0.5, 0.6) is 0 Å². The van der Waals surface area contributed by atoms with Gasteiger partial charge in [-0.25, -0.2) is 5.10 Å². The van der Waals surface area contributed by atoms with Crippen molar-refractivity contribution in [1.82, 2.24) is 10.2 Å². The molecule has 0 aliphatic carbocycles. The van der Waals surface area contributed by atoms with Gasteiger partial charge in [0.1, 0.15) is 5.69 Å². The van der Waals surface area contributed by atoms with E-state index in [2.05, 4.69) is 28.9 Å². The maximum Gasteiger partial charge on any atom is 0.272 e. The fourth-order valence-corrected chi connectivity index (χ4v) is 2.87. The van der Waals surface area contributed by atoms with E-state index in [1.807, 2.05) is 36.4 Å².